The summed E-state index contributed by atoms with van der Waals surface area (Å²) in [5.41, 5.74) is 5.22. The quantitative estimate of drug-likeness (QED) is 0.739. The van der Waals surface area contributed by atoms with Gasteiger partial charge in [0.25, 0.3) is 0 Å². The molecule has 0 aromatic rings. The molecule has 0 aromatic carbocycles. The van der Waals surface area contributed by atoms with Crippen molar-refractivity contribution in [2.75, 3.05) is 0 Å². The molecule has 7 heteroatoms. The second-order valence-electron chi connectivity index (χ2n) is 1.99. The van der Waals surface area contributed by atoms with Crippen LogP contribution in [0.1, 0.15) is 12.8 Å². The number of nitrogens with two attached hydrogens (primary N) is 1. The highest BCUT2D eigenvalue weighted by Gasteiger charge is 2.16. The fourth-order valence-corrected chi connectivity index (χ4v) is 0.679. The van der Waals surface area contributed by atoms with Crippen LogP contribution < -0.4 is 5.73 Å². The van der Waals surface area contributed by atoms with Gasteiger partial charge in [0.05, 0.1) is 0 Å². The minimum absolute atomic E-state index is 0.0589. The third-order valence-corrected chi connectivity index (χ3v) is 1.45. The van der Waals surface area contributed by atoms with E-state index >= 15 is 0 Å². The second-order valence-corrected chi connectivity index (χ2v) is 2.30. The third-order valence-electron chi connectivity index (χ3n) is 1.12. The van der Waals surface area contributed by atoms with Crippen LogP contribution in [0.25, 0.3) is 0 Å². The average Bonchev–Trinajstić information content (AvgIpc) is 2.11. The standard InChI is InChI=1S/C5H7Cl2NO4/c6-11-4(9)2-1-3(8)5(10)12-7/h3H,1-2,8H2/t3-/m0/s1. The van der Waals surface area contributed by atoms with Crippen LogP contribution in [0.15, 0.2) is 0 Å². The van der Waals surface area contributed by atoms with Crippen molar-refractivity contribution < 1.29 is 18.2 Å². The van der Waals surface area contributed by atoms with E-state index in [1.165, 1.54) is 0 Å². The van der Waals surface area contributed by atoms with Crippen LogP contribution in [-0.4, -0.2) is 18.0 Å². The molecule has 0 saturated carbocycles. The van der Waals surface area contributed by atoms with E-state index in [-0.39, 0.29) is 12.8 Å². The summed E-state index contributed by atoms with van der Waals surface area (Å²) in [7, 11) is 0. The number of rotatable bonds is 4. The molecule has 0 amide bonds. The first-order valence-electron chi connectivity index (χ1n) is 3.01. The van der Waals surface area contributed by atoms with E-state index in [0.717, 1.165) is 0 Å². The van der Waals surface area contributed by atoms with Crippen LogP contribution >= 0.6 is 23.7 Å². The molecular formula is C5H7Cl2NO4. The Hall–Kier alpha value is -0.520. The van der Waals surface area contributed by atoms with Gasteiger partial charge in [-0.25, -0.2) is 4.79 Å². The Bertz CT molecular complexity index is 175. The van der Waals surface area contributed by atoms with Gasteiger partial charge in [0, 0.05) is 6.42 Å². The van der Waals surface area contributed by atoms with Gasteiger partial charge in [0.15, 0.2) is 0 Å². The molecule has 0 aliphatic carbocycles. The van der Waals surface area contributed by atoms with Crippen molar-refractivity contribution in [1.29, 1.82) is 0 Å². The van der Waals surface area contributed by atoms with E-state index in [1.54, 1.807) is 0 Å². The lowest BCUT2D eigenvalue weighted by Gasteiger charge is -2.04. The Morgan fingerprint density at radius 1 is 1.33 bits per heavy atom. The predicted octanol–water partition coefficient (Wildman–Crippen LogP) is 0.488. The summed E-state index contributed by atoms with van der Waals surface area (Å²) in [6, 6.07) is -0.932. The first-order chi connectivity index (χ1) is 5.61. The molecular weight excluding hydrogens is 209 g/mol. The smallest absolute Gasteiger partial charge is 0.341 e. The molecule has 0 aliphatic heterocycles. The monoisotopic (exact) mass is 215 g/mol. The molecule has 0 saturated heterocycles. The predicted molar refractivity (Wildman–Crippen MR) is 41.1 cm³/mol. The van der Waals surface area contributed by atoms with Gasteiger partial charge in [0.1, 0.15) is 29.8 Å². The van der Waals surface area contributed by atoms with Crippen molar-refractivity contribution >= 4 is 35.7 Å². The number of halogens is 2. The van der Waals surface area contributed by atoms with Crippen molar-refractivity contribution in [2.45, 2.75) is 18.9 Å². The molecule has 0 aliphatic rings. The van der Waals surface area contributed by atoms with Gasteiger partial charge < -0.3 is 14.3 Å². The van der Waals surface area contributed by atoms with E-state index in [4.69, 9.17) is 29.5 Å². The zero-order valence-electron chi connectivity index (χ0n) is 5.96. The average molecular weight is 216 g/mol. The van der Waals surface area contributed by atoms with Crippen molar-refractivity contribution in [2.24, 2.45) is 5.73 Å². The fourth-order valence-electron chi connectivity index (χ4n) is 0.487. The summed E-state index contributed by atoms with van der Waals surface area (Å²) in [6.45, 7) is 0. The number of hydrogen-bond acceptors (Lipinski definition) is 5. The molecule has 0 radical (unpaired) electrons. The largest absolute Gasteiger partial charge is 0.348 e. The maximum atomic E-state index is 10.5. The molecule has 70 valence electrons. The second kappa shape index (κ2) is 6.05. The Labute approximate surface area is 79.0 Å². The van der Waals surface area contributed by atoms with E-state index < -0.39 is 18.0 Å². The van der Waals surface area contributed by atoms with Gasteiger partial charge >= 0.3 is 11.9 Å². The number of hydrogen-bond donors (Lipinski definition) is 1. The number of carbonyl (C=O) groups excluding carboxylic acids is 2. The van der Waals surface area contributed by atoms with Crippen LogP contribution in [-0.2, 0) is 18.2 Å². The maximum Gasteiger partial charge on any atom is 0.341 e. The Morgan fingerprint density at radius 3 is 2.33 bits per heavy atom. The highest BCUT2D eigenvalue weighted by atomic mass is 35.5. The van der Waals surface area contributed by atoms with E-state index in [0.29, 0.717) is 0 Å². The van der Waals surface area contributed by atoms with Crippen molar-refractivity contribution in [1.82, 2.24) is 0 Å². The van der Waals surface area contributed by atoms with Crippen LogP contribution in [0.4, 0.5) is 0 Å². The van der Waals surface area contributed by atoms with Crippen LogP contribution in [0, 0.1) is 0 Å². The topological polar surface area (TPSA) is 78.6 Å². The van der Waals surface area contributed by atoms with Crippen LogP contribution in [0.2, 0.25) is 0 Å². The van der Waals surface area contributed by atoms with Crippen molar-refractivity contribution in [3.63, 3.8) is 0 Å². The minimum atomic E-state index is -0.932. The minimum Gasteiger partial charge on any atom is -0.348 e. The SMILES string of the molecule is N[C@@H](CCC(=O)OCl)C(=O)OCl. The van der Waals surface area contributed by atoms with Gasteiger partial charge in [0.2, 0.25) is 0 Å². The summed E-state index contributed by atoms with van der Waals surface area (Å²) in [4.78, 5) is 21.0. The molecule has 1 atom stereocenters. The zero-order valence-corrected chi connectivity index (χ0v) is 7.47. The van der Waals surface area contributed by atoms with Gasteiger partial charge in [-0.2, -0.15) is 0 Å². The first-order valence-corrected chi connectivity index (χ1v) is 3.63. The third kappa shape index (κ3) is 4.38. The summed E-state index contributed by atoms with van der Waals surface area (Å²) in [5, 5.41) is 0. The fraction of sp³-hybridized carbons (Fsp3) is 0.600. The van der Waals surface area contributed by atoms with Gasteiger partial charge in [-0.15, -0.1) is 0 Å². The molecule has 0 heterocycles. The zero-order chi connectivity index (χ0) is 9.56. The Morgan fingerprint density at radius 2 is 1.92 bits per heavy atom. The summed E-state index contributed by atoms with van der Waals surface area (Å²) < 4.78 is 7.61. The summed E-state index contributed by atoms with van der Waals surface area (Å²) in [6.07, 6.45) is 0.0216. The van der Waals surface area contributed by atoms with Crippen LogP contribution in [0.5, 0.6) is 0 Å². The maximum absolute atomic E-state index is 10.5. The van der Waals surface area contributed by atoms with Gasteiger partial charge in [-0.1, -0.05) is 0 Å². The van der Waals surface area contributed by atoms with E-state index in [1.807, 2.05) is 0 Å². The highest BCUT2D eigenvalue weighted by Crippen LogP contribution is 2.00. The molecule has 2 N–H and O–H groups in total. The van der Waals surface area contributed by atoms with E-state index in [9.17, 15) is 9.59 Å². The van der Waals surface area contributed by atoms with E-state index in [2.05, 4.69) is 8.58 Å². The molecule has 0 unspecified atom stereocenters. The van der Waals surface area contributed by atoms with Crippen molar-refractivity contribution in [3.8, 4) is 0 Å². The highest BCUT2D eigenvalue weighted by molar-refractivity contribution is 6.14. The Kier molecular flexibility index (Phi) is 5.79. The molecule has 5 nitrogen and oxygen atoms in total. The number of carbonyl (C=O) groups is 2. The van der Waals surface area contributed by atoms with Gasteiger partial charge in [-0.05, 0) is 6.42 Å². The molecule has 0 bridgehead atoms. The molecule has 12 heavy (non-hydrogen) atoms. The van der Waals surface area contributed by atoms with Gasteiger partial charge in [-0.3, -0.25) is 4.79 Å². The summed E-state index contributed by atoms with van der Waals surface area (Å²) >= 11 is 9.44. The van der Waals surface area contributed by atoms with Crippen molar-refractivity contribution in [3.05, 3.63) is 0 Å². The molecule has 0 spiro atoms. The lowest BCUT2D eigenvalue weighted by molar-refractivity contribution is -0.136. The normalized spacial score (nSPS) is 11.9. The molecule has 0 fully saturated rings. The lowest BCUT2D eigenvalue weighted by Crippen LogP contribution is -2.31. The van der Waals surface area contributed by atoms with Crippen LogP contribution in [0.3, 0.4) is 0 Å². The molecule has 0 aromatic heterocycles. The summed E-state index contributed by atoms with van der Waals surface area (Å²) in [5.74, 6) is -1.45. The molecule has 0 rings (SSSR count). The Balaban J connectivity index is 3.63. The lowest BCUT2D eigenvalue weighted by atomic mass is 10.2. The first kappa shape index (κ1) is 11.5.